The Hall–Kier alpha value is -4.04. The standard InChI is InChI=1S/C26H23N3O4S/c1-30-21-7-5-4-6-16(21)15-28-26-29-19-9-8-17(12-25(19)34-26)33-22-10-11-27-20-14-24(32-3)23(31-2)13-18(20)22/h4-14H,15H2,1-3H3,(H,28,29). The molecule has 0 unspecified atom stereocenters. The van der Waals surface area contributed by atoms with E-state index in [4.69, 9.17) is 23.9 Å². The van der Waals surface area contributed by atoms with Crippen molar-refractivity contribution in [2.24, 2.45) is 0 Å². The van der Waals surface area contributed by atoms with E-state index in [1.165, 1.54) is 0 Å². The molecule has 2 heterocycles. The number of anilines is 1. The van der Waals surface area contributed by atoms with Gasteiger partial charge in [0.1, 0.15) is 17.2 Å². The Balaban J connectivity index is 1.39. The lowest BCUT2D eigenvalue weighted by atomic mass is 10.2. The molecule has 0 aliphatic carbocycles. The second-order valence-corrected chi connectivity index (χ2v) is 8.48. The number of pyridine rings is 1. The molecule has 0 radical (unpaired) electrons. The van der Waals surface area contributed by atoms with E-state index in [0.29, 0.717) is 23.8 Å². The van der Waals surface area contributed by atoms with Gasteiger partial charge in [0.25, 0.3) is 0 Å². The van der Waals surface area contributed by atoms with Crippen LogP contribution in [0.3, 0.4) is 0 Å². The largest absolute Gasteiger partial charge is 0.496 e. The van der Waals surface area contributed by atoms with Gasteiger partial charge in [-0.25, -0.2) is 4.98 Å². The van der Waals surface area contributed by atoms with Gasteiger partial charge in [-0.3, -0.25) is 4.98 Å². The minimum atomic E-state index is 0.622. The van der Waals surface area contributed by atoms with Crippen LogP contribution in [0.4, 0.5) is 5.13 Å². The first-order chi connectivity index (χ1) is 16.7. The van der Waals surface area contributed by atoms with E-state index in [9.17, 15) is 0 Å². The van der Waals surface area contributed by atoms with E-state index in [-0.39, 0.29) is 0 Å². The van der Waals surface area contributed by atoms with Crippen molar-refractivity contribution in [3.05, 3.63) is 72.4 Å². The average Bonchev–Trinajstić information content (AvgIpc) is 3.29. The third-order valence-corrected chi connectivity index (χ3v) is 6.39. The molecule has 0 atom stereocenters. The third-order valence-electron chi connectivity index (χ3n) is 5.42. The summed E-state index contributed by atoms with van der Waals surface area (Å²) >= 11 is 1.58. The van der Waals surface area contributed by atoms with Crippen LogP contribution in [0.2, 0.25) is 0 Å². The quantitative estimate of drug-likeness (QED) is 0.284. The van der Waals surface area contributed by atoms with Crippen LogP contribution in [0.1, 0.15) is 5.56 Å². The van der Waals surface area contributed by atoms with Crippen LogP contribution in [0.15, 0.2) is 66.9 Å². The smallest absolute Gasteiger partial charge is 0.184 e. The average molecular weight is 474 g/mol. The van der Waals surface area contributed by atoms with Crippen LogP contribution in [0.5, 0.6) is 28.7 Å². The van der Waals surface area contributed by atoms with E-state index in [1.54, 1.807) is 38.9 Å². The molecule has 1 N–H and O–H groups in total. The summed E-state index contributed by atoms with van der Waals surface area (Å²) in [4.78, 5) is 9.13. The van der Waals surface area contributed by atoms with E-state index in [1.807, 2.05) is 60.7 Å². The zero-order chi connectivity index (χ0) is 23.5. The Bertz CT molecular complexity index is 1470. The van der Waals surface area contributed by atoms with Crippen LogP contribution in [0, 0.1) is 0 Å². The number of thiazole rings is 1. The molecule has 8 heteroatoms. The lowest BCUT2D eigenvalue weighted by Gasteiger charge is -2.12. The normalized spacial score (nSPS) is 10.9. The van der Waals surface area contributed by atoms with E-state index in [0.717, 1.165) is 43.3 Å². The minimum Gasteiger partial charge on any atom is -0.496 e. The Labute approximate surface area is 200 Å². The minimum absolute atomic E-state index is 0.622. The molecule has 3 aromatic carbocycles. The van der Waals surface area contributed by atoms with Crippen molar-refractivity contribution >= 4 is 37.6 Å². The van der Waals surface area contributed by atoms with Gasteiger partial charge in [0.2, 0.25) is 0 Å². The maximum absolute atomic E-state index is 6.25. The monoisotopic (exact) mass is 473 g/mol. The molecule has 34 heavy (non-hydrogen) atoms. The van der Waals surface area contributed by atoms with E-state index in [2.05, 4.69) is 10.3 Å². The van der Waals surface area contributed by atoms with Gasteiger partial charge in [0, 0.05) is 35.8 Å². The number of hydrogen-bond acceptors (Lipinski definition) is 8. The molecule has 2 aromatic heterocycles. The first-order valence-corrected chi connectivity index (χ1v) is 11.4. The number of rotatable bonds is 8. The zero-order valence-electron chi connectivity index (χ0n) is 19.0. The number of fused-ring (bicyclic) bond motifs is 2. The lowest BCUT2D eigenvalue weighted by molar-refractivity contribution is 0.355. The summed E-state index contributed by atoms with van der Waals surface area (Å²) in [7, 11) is 4.89. The van der Waals surface area contributed by atoms with Crippen LogP contribution in [-0.2, 0) is 6.54 Å². The fourth-order valence-electron chi connectivity index (χ4n) is 3.73. The number of methoxy groups -OCH3 is 3. The molecule has 0 aliphatic heterocycles. The van der Waals surface area contributed by atoms with Crippen molar-refractivity contribution in [2.45, 2.75) is 6.54 Å². The fraction of sp³-hybridized carbons (Fsp3) is 0.154. The zero-order valence-corrected chi connectivity index (χ0v) is 19.8. The summed E-state index contributed by atoms with van der Waals surface area (Å²) in [5.74, 6) is 3.50. The highest BCUT2D eigenvalue weighted by Crippen LogP contribution is 2.38. The van der Waals surface area contributed by atoms with E-state index >= 15 is 0 Å². The maximum Gasteiger partial charge on any atom is 0.184 e. The number of hydrogen-bond donors (Lipinski definition) is 1. The van der Waals surface area contributed by atoms with Crippen LogP contribution in [-0.4, -0.2) is 31.3 Å². The van der Waals surface area contributed by atoms with Crippen molar-refractivity contribution in [3.63, 3.8) is 0 Å². The fourth-order valence-corrected chi connectivity index (χ4v) is 4.62. The molecule has 5 rings (SSSR count). The summed E-state index contributed by atoms with van der Waals surface area (Å²) in [6, 6.07) is 19.4. The van der Waals surface area contributed by atoms with Gasteiger partial charge in [-0.1, -0.05) is 29.5 Å². The topological polar surface area (TPSA) is 74.7 Å². The molecule has 5 aromatic rings. The van der Waals surface area contributed by atoms with Gasteiger partial charge in [-0.05, 0) is 30.3 Å². The Kier molecular flexibility index (Phi) is 6.05. The number of benzene rings is 3. The Morgan fingerprint density at radius 3 is 2.41 bits per heavy atom. The molecule has 172 valence electrons. The summed E-state index contributed by atoms with van der Waals surface area (Å²) in [6.07, 6.45) is 1.72. The van der Waals surface area contributed by atoms with Crippen LogP contribution >= 0.6 is 11.3 Å². The predicted molar refractivity (Wildman–Crippen MR) is 135 cm³/mol. The van der Waals surface area contributed by atoms with Gasteiger partial charge < -0.3 is 24.3 Å². The Morgan fingerprint density at radius 1 is 0.794 bits per heavy atom. The highest BCUT2D eigenvalue weighted by atomic mass is 32.1. The summed E-state index contributed by atoms with van der Waals surface area (Å²) in [5.41, 5.74) is 2.74. The summed E-state index contributed by atoms with van der Waals surface area (Å²) in [6.45, 7) is 0.626. The molecule has 0 spiro atoms. The van der Waals surface area contributed by atoms with Crippen molar-refractivity contribution < 1.29 is 18.9 Å². The summed E-state index contributed by atoms with van der Waals surface area (Å²) in [5, 5.41) is 5.07. The summed E-state index contributed by atoms with van der Waals surface area (Å²) < 4.78 is 23.5. The van der Waals surface area contributed by atoms with Gasteiger partial charge in [0.15, 0.2) is 16.6 Å². The first-order valence-electron chi connectivity index (χ1n) is 10.6. The molecule has 0 saturated carbocycles. The number of para-hydroxylation sites is 1. The second kappa shape index (κ2) is 9.44. The lowest BCUT2D eigenvalue weighted by Crippen LogP contribution is -2.00. The number of nitrogens with zero attached hydrogens (tertiary/aromatic N) is 2. The van der Waals surface area contributed by atoms with Gasteiger partial charge in [-0.15, -0.1) is 0 Å². The van der Waals surface area contributed by atoms with E-state index < -0.39 is 0 Å². The molecule has 0 amide bonds. The van der Waals surface area contributed by atoms with Gasteiger partial charge in [-0.2, -0.15) is 0 Å². The SMILES string of the molecule is COc1ccccc1CNc1nc2ccc(Oc3ccnc4cc(OC)c(OC)cc34)cc2s1. The first kappa shape index (κ1) is 21.8. The third kappa shape index (κ3) is 4.27. The van der Waals surface area contributed by atoms with Crippen molar-refractivity contribution in [3.8, 4) is 28.7 Å². The molecular weight excluding hydrogens is 450 g/mol. The van der Waals surface area contributed by atoms with Crippen molar-refractivity contribution in [1.82, 2.24) is 9.97 Å². The van der Waals surface area contributed by atoms with Gasteiger partial charge >= 0.3 is 0 Å². The van der Waals surface area contributed by atoms with Crippen LogP contribution < -0.4 is 24.3 Å². The van der Waals surface area contributed by atoms with Gasteiger partial charge in [0.05, 0.1) is 37.1 Å². The highest BCUT2D eigenvalue weighted by molar-refractivity contribution is 7.22. The molecule has 0 bridgehead atoms. The van der Waals surface area contributed by atoms with Crippen molar-refractivity contribution in [1.29, 1.82) is 0 Å². The molecule has 7 nitrogen and oxygen atoms in total. The molecular formula is C26H23N3O4S. The second-order valence-electron chi connectivity index (χ2n) is 7.45. The maximum atomic E-state index is 6.25. The number of aromatic nitrogens is 2. The van der Waals surface area contributed by atoms with Crippen LogP contribution in [0.25, 0.3) is 21.1 Å². The number of nitrogens with one attached hydrogen (secondary N) is 1. The molecule has 0 saturated heterocycles. The predicted octanol–water partition coefficient (Wildman–Crippen LogP) is 6.27. The molecule has 0 fully saturated rings. The molecule has 0 aliphatic rings. The Morgan fingerprint density at radius 2 is 1.59 bits per heavy atom. The van der Waals surface area contributed by atoms with Crippen molar-refractivity contribution in [2.75, 3.05) is 26.6 Å². The highest BCUT2D eigenvalue weighted by Gasteiger charge is 2.12. The number of ether oxygens (including phenoxy) is 4.